The first kappa shape index (κ1) is 14.2. The lowest BCUT2D eigenvalue weighted by Gasteiger charge is -2.19. The molecule has 4 nitrogen and oxygen atoms in total. The molecule has 0 aliphatic heterocycles. The van der Waals surface area contributed by atoms with Gasteiger partial charge in [-0.3, -0.25) is 0 Å². The first-order valence-corrected chi connectivity index (χ1v) is 5.76. The van der Waals surface area contributed by atoms with E-state index in [0.29, 0.717) is 5.56 Å². The number of carbonyl (C=O) groups excluding carboxylic acids is 1. The molecular formula is C14H18O4. The summed E-state index contributed by atoms with van der Waals surface area (Å²) in [5.41, 5.74) is 1.47. The van der Waals surface area contributed by atoms with Crippen LogP contribution in [0.3, 0.4) is 0 Å². The molecule has 1 aromatic rings. The third-order valence-electron chi connectivity index (χ3n) is 2.62. The Hall–Kier alpha value is -1.84. The zero-order chi connectivity index (χ0) is 13.9. The number of hydrogen-bond donors (Lipinski definition) is 1. The van der Waals surface area contributed by atoms with Crippen LogP contribution in [0.25, 0.3) is 0 Å². The van der Waals surface area contributed by atoms with Crippen LogP contribution in [0.15, 0.2) is 24.3 Å². The van der Waals surface area contributed by atoms with Gasteiger partial charge in [-0.25, -0.2) is 9.59 Å². The van der Waals surface area contributed by atoms with Gasteiger partial charge in [-0.2, -0.15) is 0 Å². The van der Waals surface area contributed by atoms with E-state index in [-0.39, 0.29) is 5.41 Å². The molecule has 0 heterocycles. The van der Waals surface area contributed by atoms with Gasteiger partial charge in [0.05, 0.1) is 5.56 Å². The van der Waals surface area contributed by atoms with Crippen molar-refractivity contribution in [3.05, 3.63) is 35.4 Å². The van der Waals surface area contributed by atoms with E-state index in [0.717, 1.165) is 5.56 Å². The average molecular weight is 250 g/mol. The summed E-state index contributed by atoms with van der Waals surface area (Å²) in [5, 5.41) is 8.65. The molecule has 1 N–H and O–H groups in total. The lowest BCUT2D eigenvalue weighted by Crippen LogP contribution is -2.23. The zero-order valence-corrected chi connectivity index (χ0v) is 11.1. The molecule has 0 fully saturated rings. The number of hydrogen-bond acceptors (Lipinski definition) is 3. The molecule has 0 amide bonds. The van der Waals surface area contributed by atoms with Crippen molar-refractivity contribution in [3.63, 3.8) is 0 Å². The highest BCUT2D eigenvalue weighted by Gasteiger charge is 2.19. The molecule has 0 saturated carbocycles. The van der Waals surface area contributed by atoms with Crippen molar-refractivity contribution in [2.45, 2.75) is 39.2 Å². The van der Waals surface area contributed by atoms with Crippen LogP contribution in [0.4, 0.5) is 0 Å². The number of ether oxygens (including phenoxy) is 1. The Morgan fingerprint density at radius 1 is 1.17 bits per heavy atom. The summed E-state index contributed by atoms with van der Waals surface area (Å²) < 4.78 is 4.78. The molecule has 1 atom stereocenters. The maximum Gasteiger partial charge on any atom is 0.344 e. The molecular weight excluding hydrogens is 232 g/mol. The van der Waals surface area contributed by atoms with Gasteiger partial charge in [-0.1, -0.05) is 32.9 Å². The minimum atomic E-state index is -1.16. The van der Waals surface area contributed by atoms with Gasteiger partial charge in [0.15, 0.2) is 6.10 Å². The summed E-state index contributed by atoms with van der Waals surface area (Å²) >= 11 is 0. The Bertz CT molecular complexity index is 440. The first-order chi connectivity index (χ1) is 8.21. The van der Waals surface area contributed by atoms with Crippen LogP contribution in [0, 0.1) is 0 Å². The average Bonchev–Trinajstić information content (AvgIpc) is 2.27. The number of carbonyl (C=O) groups is 2. The Morgan fingerprint density at radius 3 is 2.06 bits per heavy atom. The summed E-state index contributed by atoms with van der Waals surface area (Å²) in [7, 11) is 0. The van der Waals surface area contributed by atoms with E-state index >= 15 is 0 Å². The summed E-state index contributed by atoms with van der Waals surface area (Å²) in [6.45, 7) is 7.55. The van der Waals surface area contributed by atoms with Gasteiger partial charge >= 0.3 is 11.9 Å². The van der Waals surface area contributed by atoms with Crippen molar-refractivity contribution in [3.8, 4) is 0 Å². The molecule has 18 heavy (non-hydrogen) atoms. The number of aliphatic carboxylic acids is 1. The minimum Gasteiger partial charge on any atom is -0.479 e. The van der Waals surface area contributed by atoms with Crippen LogP contribution in [0.5, 0.6) is 0 Å². The van der Waals surface area contributed by atoms with Gasteiger partial charge in [-0.15, -0.1) is 0 Å². The van der Waals surface area contributed by atoms with Crippen molar-refractivity contribution in [2.24, 2.45) is 0 Å². The van der Waals surface area contributed by atoms with Gasteiger partial charge in [-0.05, 0) is 30.0 Å². The highest BCUT2D eigenvalue weighted by molar-refractivity contribution is 5.91. The third kappa shape index (κ3) is 3.58. The minimum absolute atomic E-state index is 0.0107. The standard InChI is InChI=1S/C14H18O4/c1-9(12(15)16)18-13(17)10-5-7-11(8-6-10)14(2,3)4/h5-9H,1-4H3,(H,15,16)/t9-/m1/s1. The van der Waals surface area contributed by atoms with Crippen molar-refractivity contribution in [1.29, 1.82) is 0 Å². The largest absolute Gasteiger partial charge is 0.479 e. The molecule has 98 valence electrons. The lowest BCUT2D eigenvalue weighted by molar-refractivity contribution is -0.146. The Kier molecular flexibility index (Phi) is 4.11. The van der Waals surface area contributed by atoms with E-state index in [1.165, 1.54) is 6.92 Å². The van der Waals surface area contributed by atoms with Crippen LogP contribution in [-0.4, -0.2) is 23.1 Å². The maximum absolute atomic E-state index is 11.6. The molecule has 0 aliphatic carbocycles. The fourth-order valence-corrected chi connectivity index (χ4v) is 1.39. The molecule has 0 aromatic heterocycles. The van der Waals surface area contributed by atoms with Gasteiger partial charge in [0.2, 0.25) is 0 Å². The van der Waals surface area contributed by atoms with Gasteiger partial charge in [0.25, 0.3) is 0 Å². The van der Waals surface area contributed by atoms with Crippen molar-refractivity contribution in [2.75, 3.05) is 0 Å². The Balaban J connectivity index is 2.80. The van der Waals surface area contributed by atoms with Crippen LogP contribution >= 0.6 is 0 Å². The zero-order valence-electron chi connectivity index (χ0n) is 11.1. The first-order valence-electron chi connectivity index (χ1n) is 5.76. The third-order valence-corrected chi connectivity index (χ3v) is 2.62. The second kappa shape index (κ2) is 5.21. The summed E-state index contributed by atoms with van der Waals surface area (Å²) in [4.78, 5) is 22.2. The molecule has 1 rings (SSSR count). The van der Waals surface area contributed by atoms with E-state index < -0.39 is 18.0 Å². The fourth-order valence-electron chi connectivity index (χ4n) is 1.39. The fraction of sp³-hybridized carbons (Fsp3) is 0.429. The van der Waals surface area contributed by atoms with Crippen molar-refractivity contribution >= 4 is 11.9 Å². The van der Waals surface area contributed by atoms with E-state index in [1.54, 1.807) is 12.1 Å². The number of rotatable bonds is 3. The number of carboxylic acid groups (broad SMARTS) is 1. The molecule has 0 saturated heterocycles. The SMILES string of the molecule is C[C@@H](OC(=O)c1ccc(C(C)(C)C)cc1)C(=O)O. The highest BCUT2D eigenvalue weighted by atomic mass is 16.6. The molecule has 0 radical (unpaired) electrons. The molecule has 0 unspecified atom stereocenters. The molecule has 0 bridgehead atoms. The molecule has 0 spiro atoms. The van der Waals surface area contributed by atoms with Crippen LogP contribution < -0.4 is 0 Å². The summed E-state index contributed by atoms with van der Waals surface area (Å²) in [5.74, 6) is -1.78. The predicted octanol–water partition coefficient (Wildman–Crippen LogP) is 2.61. The van der Waals surface area contributed by atoms with Crippen LogP contribution in [0.2, 0.25) is 0 Å². The Morgan fingerprint density at radius 2 is 1.67 bits per heavy atom. The lowest BCUT2D eigenvalue weighted by atomic mass is 9.87. The normalized spacial score (nSPS) is 12.9. The Labute approximate surface area is 107 Å². The van der Waals surface area contributed by atoms with Gasteiger partial charge < -0.3 is 9.84 Å². The van der Waals surface area contributed by atoms with Gasteiger partial charge in [0, 0.05) is 0 Å². The summed E-state index contributed by atoms with van der Waals surface area (Å²) in [6, 6.07) is 7.00. The summed E-state index contributed by atoms with van der Waals surface area (Å²) in [6.07, 6.45) is -1.14. The topological polar surface area (TPSA) is 63.6 Å². The number of benzene rings is 1. The second-order valence-electron chi connectivity index (χ2n) is 5.21. The predicted molar refractivity (Wildman–Crippen MR) is 67.7 cm³/mol. The molecule has 0 aliphatic rings. The monoisotopic (exact) mass is 250 g/mol. The van der Waals surface area contributed by atoms with Crippen molar-refractivity contribution in [1.82, 2.24) is 0 Å². The van der Waals surface area contributed by atoms with Crippen LogP contribution in [-0.2, 0) is 14.9 Å². The van der Waals surface area contributed by atoms with E-state index in [1.807, 2.05) is 12.1 Å². The van der Waals surface area contributed by atoms with E-state index in [9.17, 15) is 9.59 Å². The second-order valence-corrected chi connectivity index (χ2v) is 5.21. The number of esters is 1. The number of carboxylic acids is 1. The molecule has 4 heteroatoms. The van der Waals surface area contributed by atoms with Crippen LogP contribution in [0.1, 0.15) is 43.6 Å². The van der Waals surface area contributed by atoms with E-state index in [4.69, 9.17) is 9.84 Å². The molecule has 1 aromatic carbocycles. The quantitative estimate of drug-likeness (QED) is 0.837. The van der Waals surface area contributed by atoms with Gasteiger partial charge in [0.1, 0.15) is 0 Å². The highest BCUT2D eigenvalue weighted by Crippen LogP contribution is 2.22. The van der Waals surface area contributed by atoms with E-state index in [2.05, 4.69) is 20.8 Å². The maximum atomic E-state index is 11.6. The van der Waals surface area contributed by atoms with Crippen molar-refractivity contribution < 1.29 is 19.4 Å². The smallest absolute Gasteiger partial charge is 0.344 e.